The second kappa shape index (κ2) is 9.55. The van der Waals surface area contributed by atoms with Crippen LogP contribution >= 0.6 is 11.8 Å². The van der Waals surface area contributed by atoms with E-state index in [1.54, 1.807) is 11.0 Å². The van der Waals surface area contributed by atoms with Crippen LogP contribution in [0, 0.1) is 12.7 Å². The lowest BCUT2D eigenvalue weighted by molar-refractivity contribution is -0.128. The topological polar surface area (TPSA) is 49.0 Å². The van der Waals surface area contributed by atoms with Crippen LogP contribution < -0.4 is 0 Å². The van der Waals surface area contributed by atoms with E-state index in [-0.39, 0.29) is 11.7 Å². The van der Waals surface area contributed by atoms with Gasteiger partial charge in [-0.25, -0.2) is 9.37 Å². The van der Waals surface area contributed by atoms with Crippen molar-refractivity contribution in [3.63, 3.8) is 0 Å². The molecule has 0 aliphatic rings. The van der Waals surface area contributed by atoms with Gasteiger partial charge in [-0.1, -0.05) is 54.2 Å². The van der Waals surface area contributed by atoms with Crippen molar-refractivity contribution in [2.24, 2.45) is 0 Å². The summed E-state index contributed by atoms with van der Waals surface area (Å²) in [6.45, 7) is 4.91. The second-order valence-corrected chi connectivity index (χ2v) is 7.57. The van der Waals surface area contributed by atoms with Crippen LogP contribution in [0.4, 0.5) is 4.39 Å². The number of imidazole rings is 1. The lowest BCUT2D eigenvalue weighted by Gasteiger charge is -2.20. The number of benzene rings is 2. The molecule has 3 aromatic rings. The van der Waals surface area contributed by atoms with E-state index in [1.807, 2.05) is 38.1 Å². The first-order valence-corrected chi connectivity index (χ1v) is 10.3. The fraction of sp³-hybridized carbons (Fsp3) is 0.273. The van der Waals surface area contributed by atoms with Crippen LogP contribution in [-0.2, 0) is 17.8 Å². The van der Waals surface area contributed by atoms with Crippen molar-refractivity contribution in [3.05, 3.63) is 82.9 Å². The van der Waals surface area contributed by atoms with E-state index < -0.39 is 0 Å². The minimum absolute atomic E-state index is 0.00965. The molecule has 1 aromatic heterocycles. The van der Waals surface area contributed by atoms with E-state index in [0.29, 0.717) is 18.8 Å². The lowest BCUT2D eigenvalue weighted by atomic mass is 10.1. The molecule has 0 saturated heterocycles. The fourth-order valence-corrected chi connectivity index (χ4v) is 3.79. The minimum Gasteiger partial charge on any atom is -0.338 e. The van der Waals surface area contributed by atoms with Gasteiger partial charge in [-0.3, -0.25) is 4.79 Å². The van der Waals surface area contributed by atoms with Gasteiger partial charge in [0.25, 0.3) is 0 Å². The summed E-state index contributed by atoms with van der Waals surface area (Å²) >= 11 is 1.40. The Bertz CT molecular complexity index is 927. The fourth-order valence-electron chi connectivity index (χ4n) is 2.95. The molecule has 0 aliphatic carbocycles. The van der Waals surface area contributed by atoms with Crippen LogP contribution in [0.25, 0.3) is 0 Å². The summed E-state index contributed by atoms with van der Waals surface area (Å²) < 4.78 is 13.4. The number of nitrogens with zero attached hydrogens (tertiary/aromatic N) is 2. The van der Waals surface area contributed by atoms with Gasteiger partial charge in [0.1, 0.15) is 5.82 Å². The molecular weight excluding hydrogens is 373 g/mol. The SMILES string of the molecule is CCN(Cc1cccc(F)c1)C(=O)CSc1nc(Cc2ccccc2)c(C)[nH]1. The number of carbonyl (C=O) groups excluding carboxylic acids is 1. The number of hydrogen-bond donors (Lipinski definition) is 1. The molecule has 0 spiro atoms. The van der Waals surface area contributed by atoms with Gasteiger partial charge in [-0.2, -0.15) is 0 Å². The van der Waals surface area contributed by atoms with Crippen LogP contribution in [0.3, 0.4) is 0 Å². The van der Waals surface area contributed by atoms with E-state index in [2.05, 4.69) is 22.1 Å². The Morgan fingerprint density at radius 3 is 2.61 bits per heavy atom. The normalized spacial score (nSPS) is 10.8. The molecule has 0 saturated carbocycles. The van der Waals surface area contributed by atoms with Crippen molar-refractivity contribution in [1.82, 2.24) is 14.9 Å². The number of thioether (sulfide) groups is 1. The number of hydrogen-bond acceptors (Lipinski definition) is 3. The highest BCUT2D eigenvalue weighted by Crippen LogP contribution is 2.20. The highest BCUT2D eigenvalue weighted by atomic mass is 32.2. The molecule has 1 amide bonds. The van der Waals surface area contributed by atoms with Crippen LogP contribution in [0.1, 0.15) is 29.4 Å². The highest BCUT2D eigenvalue weighted by Gasteiger charge is 2.15. The summed E-state index contributed by atoms with van der Waals surface area (Å²) in [5.74, 6) is 0.0174. The molecule has 1 heterocycles. The molecule has 0 unspecified atom stereocenters. The number of aryl methyl sites for hydroxylation is 1. The molecule has 0 radical (unpaired) electrons. The number of halogens is 1. The van der Waals surface area contributed by atoms with Gasteiger partial charge in [0.05, 0.1) is 11.4 Å². The van der Waals surface area contributed by atoms with Crippen molar-refractivity contribution in [1.29, 1.82) is 0 Å². The van der Waals surface area contributed by atoms with Crippen molar-refractivity contribution in [3.8, 4) is 0 Å². The van der Waals surface area contributed by atoms with Crippen molar-refractivity contribution in [2.45, 2.75) is 32.0 Å². The number of aromatic amines is 1. The monoisotopic (exact) mass is 397 g/mol. The number of amides is 1. The summed E-state index contributed by atoms with van der Waals surface area (Å²) in [7, 11) is 0. The summed E-state index contributed by atoms with van der Waals surface area (Å²) in [5, 5.41) is 0.749. The summed E-state index contributed by atoms with van der Waals surface area (Å²) in [6, 6.07) is 16.6. The van der Waals surface area contributed by atoms with E-state index in [0.717, 1.165) is 28.5 Å². The first-order chi connectivity index (χ1) is 13.5. The number of rotatable bonds is 8. The van der Waals surface area contributed by atoms with Crippen LogP contribution in [0.5, 0.6) is 0 Å². The third-order valence-corrected chi connectivity index (χ3v) is 5.37. The zero-order valence-electron chi connectivity index (χ0n) is 16.1. The Kier molecular flexibility index (Phi) is 6.87. The third-order valence-electron chi connectivity index (χ3n) is 4.51. The van der Waals surface area contributed by atoms with Crippen LogP contribution in [0.2, 0.25) is 0 Å². The molecule has 28 heavy (non-hydrogen) atoms. The van der Waals surface area contributed by atoms with Crippen molar-refractivity contribution >= 4 is 17.7 Å². The first kappa shape index (κ1) is 20.1. The average molecular weight is 398 g/mol. The van der Waals surface area contributed by atoms with E-state index in [4.69, 9.17) is 0 Å². The van der Waals surface area contributed by atoms with Gasteiger partial charge in [-0.05, 0) is 37.1 Å². The molecule has 3 rings (SSSR count). The molecule has 0 aliphatic heterocycles. The van der Waals surface area contributed by atoms with Gasteiger partial charge in [0.15, 0.2) is 5.16 Å². The molecule has 146 valence electrons. The van der Waals surface area contributed by atoms with Gasteiger partial charge in [0, 0.05) is 25.2 Å². The predicted octanol–water partition coefficient (Wildman–Crippen LogP) is 4.59. The lowest BCUT2D eigenvalue weighted by Crippen LogP contribution is -2.31. The van der Waals surface area contributed by atoms with Gasteiger partial charge in [-0.15, -0.1) is 0 Å². The van der Waals surface area contributed by atoms with E-state index >= 15 is 0 Å². The van der Waals surface area contributed by atoms with Crippen molar-refractivity contribution < 1.29 is 9.18 Å². The molecule has 2 aromatic carbocycles. The number of aromatic nitrogens is 2. The standard InChI is InChI=1S/C22H24FN3OS/c1-3-26(14-18-10-7-11-19(23)12-18)21(27)15-28-22-24-16(2)20(25-22)13-17-8-5-4-6-9-17/h4-12H,3,13-15H2,1-2H3,(H,24,25). The average Bonchev–Trinajstić information content (AvgIpc) is 3.04. The zero-order valence-corrected chi connectivity index (χ0v) is 16.9. The van der Waals surface area contributed by atoms with Crippen LogP contribution in [-0.4, -0.2) is 33.1 Å². The quantitative estimate of drug-likeness (QED) is 0.566. The summed E-state index contributed by atoms with van der Waals surface area (Å²) in [5.41, 5.74) is 4.01. The molecule has 6 heteroatoms. The van der Waals surface area contributed by atoms with E-state index in [9.17, 15) is 9.18 Å². The largest absolute Gasteiger partial charge is 0.338 e. The molecular formula is C22H24FN3OS. The van der Waals surface area contributed by atoms with Crippen LogP contribution in [0.15, 0.2) is 59.8 Å². The molecule has 4 nitrogen and oxygen atoms in total. The Balaban J connectivity index is 1.58. The molecule has 0 atom stereocenters. The van der Waals surface area contributed by atoms with Crippen molar-refractivity contribution in [2.75, 3.05) is 12.3 Å². The van der Waals surface area contributed by atoms with Gasteiger partial charge < -0.3 is 9.88 Å². The smallest absolute Gasteiger partial charge is 0.233 e. The predicted molar refractivity (Wildman–Crippen MR) is 111 cm³/mol. The number of carbonyl (C=O) groups is 1. The Labute approximate surface area is 169 Å². The second-order valence-electron chi connectivity index (χ2n) is 6.60. The van der Waals surface area contributed by atoms with Gasteiger partial charge in [0.2, 0.25) is 5.91 Å². The highest BCUT2D eigenvalue weighted by molar-refractivity contribution is 7.99. The van der Waals surface area contributed by atoms with Gasteiger partial charge >= 0.3 is 0 Å². The zero-order chi connectivity index (χ0) is 19.9. The third kappa shape index (κ3) is 5.45. The first-order valence-electron chi connectivity index (χ1n) is 9.29. The number of H-pyrrole nitrogens is 1. The number of nitrogens with one attached hydrogen (secondary N) is 1. The van der Waals surface area contributed by atoms with E-state index in [1.165, 1.54) is 29.5 Å². The summed E-state index contributed by atoms with van der Waals surface area (Å²) in [4.78, 5) is 22.2. The Morgan fingerprint density at radius 1 is 1.14 bits per heavy atom. The molecule has 0 fully saturated rings. The maximum absolute atomic E-state index is 13.4. The maximum atomic E-state index is 13.4. The molecule has 1 N–H and O–H groups in total. The summed E-state index contributed by atoms with van der Waals surface area (Å²) in [6.07, 6.45) is 0.762. The molecule has 0 bridgehead atoms. The Hall–Kier alpha value is -2.60. The minimum atomic E-state index is -0.285. The Morgan fingerprint density at radius 2 is 1.89 bits per heavy atom. The maximum Gasteiger partial charge on any atom is 0.233 e.